The van der Waals surface area contributed by atoms with Crippen molar-refractivity contribution in [2.24, 2.45) is 0 Å². The molecule has 2 aromatic carbocycles. The lowest BCUT2D eigenvalue weighted by atomic mass is 10.1. The summed E-state index contributed by atoms with van der Waals surface area (Å²) in [4.78, 5) is 24.5. The summed E-state index contributed by atoms with van der Waals surface area (Å²) in [5.74, 6) is 0.593. The van der Waals surface area contributed by atoms with Crippen LogP contribution < -0.4 is 9.47 Å². The van der Waals surface area contributed by atoms with Crippen molar-refractivity contribution in [3.63, 3.8) is 0 Å². The van der Waals surface area contributed by atoms with Gasteiger partial charge < -0.3 is 18.7 Å². The van der Waals surface area contributed by atoms with Gasteiger partial charge in [0.1, 0.15) is 12.4 Å². The summed E-state index contributed by atoms with van der Waals surface area (Å²) in [6.45, 7) is 3.54. The van der Waals surface area contributed by atoms with Gasteiger partial charge in [0.15, 0.2) is 23.9 Å². The molecular formula is C22H20BrNO6. The molecular weight excluding hydrogens is 454 g/mol. The summed E-state index contributed by atoms with van der Waals surface area (Å²) in [7, 11) is 1.48. The number of benzene rings is 2. The van der Waals surface area contributed by atoms with Crippen LogP contribution in [0.5, 0.6) is 11.5 Å². The molecule has 0 amide bonds. The molecule has 0 unspecified atom stereocenters. The second-order valence-electron chi connectivity index (χ2n) is 6.46. The normalized spacial score (nSPS) is 10.5. The van der Waals surface area contributed by atoms with Gasteiger partial charge in [-0.1, -0.05) is 33.2 Å². The molecule has 0 aliphatic rings. The Morgan fingerprint density at radius 1 is 1.03 bits per heavy atom. The highest BCUT2D eigenvalue weighted by Gasteiger charge is 2.16. The quantitative estimate of drug-likeness (QED) is 0.346. The Morgan fingerprint density at radius 2 is 1.73 bits per heavy atom. The maximum atomic E-state index is 12.3. The van der Waals surface area contributed by atoms with Gasteiger partial charge in [0.25, 0.3) is 0 Å². The van der Waals surface area contributed by atoms with Crippen LogP contribution in [0.2, 0.25) is 0 Å². The van der Waals surface area contributed by atoms with Gasteiger partial charge in [-0.15, -0.1) is 0 Å². The van der Waals surface area contributed by atoms with Gasteiger partial charge in [0, 0.05) is 10.0 Å². The molecule has 0 bridgehead atoms. The van der Waals surface area contributed by atoms with Crippen LogP contribution in [0.15, 0.2) is 51.5 Å². The Balaban J connectivity index is 1.63. The van der Waals surface area contributed by atoms with E-state index in [0.717, 1.165) is 15.7 Å². The van der Waals surface area contributed by atoms with Crippen LogP contribution in [-0.4, -0.2) is 30.6 Å². The Hall–Kier alpha value is -3.13. The van der Waals surface area contributed by atoms with Crippen LogP contribution in [0.3, 0.4) is 0 Å². The number of carbonyl (C=O) groups excluding carboxylic acids is 2. The Labute approximate surface area is 182 Å². The number of halogens is 1. The molecule has 3 aromatic rings. The SMILES string of the molecule is COc1cc(C(=O)OCC(=O)c2ccc(Br)cc2)ccc1OCc1c(C)noc1C. The number of rotatable bonds is 8. The number of carbonyl (C=O) groups is 2. The van der Waals surface area contributed by atoms with E-state index in [1.807, 2.05) is 13.8 Å². The van der Waals surface area contributed by atoms with Crippen molar-refractivity contribution in [1.82, 2.24) is 5.16 Å². The molecule has 1 aromatic heterocycles. The Kier molecular flexibility index (Phi) is 6.89. The standard InChI is InChI=1S/C22H20BrNO6/c1-13-18(14(2)30-24-13)11-28-20-9-6-16(10-21(20)27-3)22(26)29-12-19(25)15-4-7-17(23)8-5-15/h4-10H,11-12H2,1-3H3. The molecule has 0 aliphatic heterocycles. The van der Waals surface area contributed by atoms with Crippen molar-refractivity contribution in [1.29, 1.82) is 0 Å². The summed E-state index contributed by atoms with van der Waals surface area (Å²) in [6.07, 6.45) is 0. The largest absolute Gasteiger partial charge is 0.493 e. The maximum absolute atomic E-state index is 12.3. The monoisotopic (exact) mass is 473 g/mol. The molecule has 8 heteroatoms. The average Bonchev–Trinajstić information content (AvgIpc) is 3.07. The molecule has 30 heavy (non-hydrogen) atoms. The third-order valence-corrected chi connectivity index (χ3v) is 4.98. The lowest BCUT2D eigenvalue weighted by Gasteiger charge is -2.12. The minimum atomic E-state index is -0.629. The van der Waals surface area contributed by atoms with Crippen molar-refractivity contribution in [3.8, 4) is 11.5 Å². The van der Waals surface area contributed by atoms with E-state index in [-0.39, 0.29) is 24.6 Å². The molecule has 1 heterocycles. The summed E-state index contributed by atoms with van der Waals surface area (Å²) >= 11 is 3.31. The minimum Gasteiger partial charge on any atom is -0.493 e. The lowest BCUT2D eigenvalue weighted by molar-refractivity contribution is 0.0474. The van der Waals surface area contributed by atoms with Gasteiger partial charge in [-0.2, -0.15) is 0 Å². The molecule has 0 atom stereocenters. The topological polar surface area (TPSA) is 87.9 Å². The molecule has 0 saturated heterocycles. The number of hydrogen-bond acceptors (Lipinski definition) is 7. The second-order valence-corrected chi connectivity index (χ2v) is 7.38. The highest BCUT2D eigenvalue weighted by Crippen LogP contribution is 2.30. The van der Waals surface area contributed by atoms with Gasteiger partial charge in [0.05, 0.1) is 23.9 Å². The summed E-state index contributed by atoms with van der Waals surface area (Å²) in [6, 6.07) is 11.5. The molecule has 0 fully saturated rings. The predicted molar refractivity (Wildman–Crippen MR) is 112 cm³/mol. The number of methoxy groups -OCH3 is 1. The molecule has 0 N–H and O–H groups in total. The van der Waals surface area contributed by atoms with Gasteiger partial charge in [-0.05, 0) is 44.2 Å². The summed E-state index contributed by atoms with van der Waals surface area (Å²) in [5.41, 5.74) is 2.32. The smallest absolute Gasteiger partial charge is 0.338 e. The Morgan fingerprint density at radius 3 is 2.37 bits per heavy atom. The fourth-order valence-corrected chi connectivity index (χ4v) is 2.97. The number of aryl methyl sites for hydroxylation is 2. The first-order valence-electron chi connectivity index (χ1n) is 9.07. The van der Waals surface area contributed by atoms with Crippen LogP contribution in [0.4, 0.5) is 0 Å². The van der Waals surface area contributed by atoms with E-state index in [1.54, 1.807) is 36.4 Å². The molecule has 7 nitrogen and oxygen atoms in total. The van der Waals surface area contributed by atoms with E-state index in [4.69, 9.17) is 18.7 Å². The van der Waals surface area contributed by atoms with Gasteiger partial charge >= 0.3 is 5.97 Å². The van der Waals surface area contributed by atoms with E-state index in [0.29, 0.717) is 22.8 Å². The molecule has 0 aliphatic carbocycles. The number of ketones is 1. The lowest BCUT2D eigenvalue weighted by Crippen LogP contribution is -2.14. The fraction of sp³-hybridized carbons (Fsp3) is 0.227. The molecule has 0 saturated carbocycles. The second kappa shape index (κ2) is 9.58. The summed E-state index contributed by atoms with van der Waals surface area (Å²) < 4.78 is 22.3. The number of aromatic nitrogens is 1. The average molecular weight is 474 g/mol. The highest BCUT2D eigenvalue weighted by atomic mass is 79.9. The van der Waals surface area contributed by atoms with E-state index < -0.39 is 5.97 Å². The predicted octanol–water partition coefficient (Wildman–Crippen LogP) is 4.68. The fourth-order valence-electron chi connectivity index (χ4n) is 2.71. The number of Topliss-reactive ketones (excluding diaryl/α,β-unsaturated/α-hetero) is 1. The number of esters is 1. The van der Waals surface area contributed by atoms with Crippen LogP contribution in [0, 0.1) is 13.8 Å². The van der Waals surface area contributed by atoms with Crippen LogP contribution in [-0.2, 0) is 11.3 Å². The number of ether oxygens (including phenoxy) is 3. The zero-order valence-electron chi connectivity index (χ0n) is 16.7. The molecule has 0 radical (unpaired) electrons. The van der Waals surface area contributed by atoms with Crippen LogP contribution >= 0.6 is 15.9 Å². The Bertz CT molecular complexity index is 1040. The molecule has 0 spiro atoms. The summed E-state index contributed by atoms with van der Waals surface area (Å²) in [5, 5.41) is 3.89. The first-order chi connectivity index (χ1) is 14.4. The first kappa shape index (κ1) is 21.6. The van der Waals surface area contributed by atoms with Crippen molar-refractivity contribution in [2.45, 2.75) is 20.5 Å². The van der Waals surface area contributed by atoms with Gasteiger partial charge in [-0.25, -0.2) is 4.79 Å². The third kappa shape index (κ3) is 5.07. The number of hydrogen-bond donors (Lipinski definition) is 0. The van der Waals surface area contributed by atoms with E-state index in [1.165, 1.54) is 13.2 Å². The molecule has 3 rings (SSSR count). The van der Waals surface area contributed by atoms with E-state index in [9.17, 15) is 9.59 Å². The van der Waals surface area contributed by atoms with Crippen molar-refractivity contribution in [3.05, 3.63) is 75.1 Å². The number of nitrogens with zero attached hydrogens (tertiary/aromatic N) is 1. The molecule has 156 valence electrons. The van der Waals surface area contributed by atoms with E-state index in [2.05, 4.69) is 21.1 Å². The van der Waals surface area contributed by atoms with E-state index >= 15 is 0 Å². The third-order valence-electron chi connectivity index (χ3n) is 4.45. The zero-order chi connectivity index (χ0) is 21.7. The zero-order valence-corrected chi connectivity index (χ0v) is 18.3. The minimum absolute atomic E-state index is 0.250. The van der Waals surface area contributed by atoms with Gasteiger partial charge in [0.2, 0.25) is 0 Å². The van der Waals surface area contributed by atoms with Gasteiger partial charge in [-0.3, -0.25) is 4.79 Å². The van der Waals surface area contributed by atoms with Crippen molar-refractivity contribution < 1.29 is 28.3 Å². The van der Waals surface area contributed by atoms with Crippen LogP contribution in [0.25, 0.3) is 0 Å². The highest BCUT2D eigenvalue weighted by molar-refractivity contribution is 9.10. The van der Waals surface area contributed by atoms with Crippen LogP contribution in [0.1, 0.15) is 37.7 Å². The van der Waals surface area contributed by atoms with Crippen molar-refractivity contribution in [2.75, 3.05) is 13.7 Å². The van der Waals surface area contributed by atoms with Crippen molar-refractivity contribution >= 4 is 27.7 Å². The first-order valence-corrected chi connectivity index (χ1v) is 9.87. The maximum Gasteiger partial charge on any atom is 0.338 e.